The van der Waals surface area contributed by atoms with Gasteiger partial charge in [0.15, 0.2) is 11.5 Å². The Bertz CT molecular complexity index is 1170. The minimum Gasteiger partial charge on any atom is -0.493 e. The van der Waals surface area contributed by atoms with Crippen LogP contribution >= 0.6 is 27.5 Å². The Morgan fingerprint density at radius 1 is 1.00 bits per heavy atom. The number of hydrazone groups is 1. The molecular formula is C24H20BrClN2O3. The van der Waals surface area contributed by atoms with Gasteiger partial charge in [0.25, 0.3) is 0 Å². The van der Waals surface area contributed by atoms with E-state index in [1.807, 2.05) is 59.6 Å². The van der Waals surface area contributed by atoms with E-state index >= 15 is 0 Å². The molecule has 31 heavy (non-hydrogen) atoms. The highest BCUT2D eigenvalue weighted by Gasteiger charge is 2.41. The van der Waals surface area contributed by atoms with E-state index in [1.54, 1.807) is 14.2 Å². The maximum Gasteiger partial charge on any atom is 0.213 e. The van der Waals surface area contributed by atoms with E-state index in [0.717, 1.165) is 39.0 Å². The Hall–Kier alpha value is -2.70. The van der Waals surface area contributed by atoms with E-state index in [-0.39, 0.29) is 12.3 Å². The second kappa shape index (κ2) is 8.09. The van der Waals surface area contributed by atoms with Gasteiger partial charge in [-0.1, -0.05) is 39.7 Å². The van der Waals surface area contributed by atoms with Crippen LogP contribution in [0, 0.1) is 0 Å². The van der Waals surface area contributed by atoms with Crippen molar-refractivity contribution in [2.75, 3.05) is 14.2 Å². The van der Waals surface area contributed by atoms with Crippen LogP contribution in [0.3, 0.4) is 0 Å². The van der Waals surface area contributed by atoms with Crippen molar-refractivity contribution in [2.45, 2.75) is 18.7 Å². The number of nitrogens with zero attached hydrogens (tertiary/aromatic N) is 2. The van der Waals surface area contributed by atoms with Gasteiger partial charge in [-0.3, -0.25) is 0 Å². The monoisotopic (exact) mass is 498 g/mol. The van der Waals surface area contributed by atoms with Crippen molar-refractivity contribution in [3.05, 3.63) is 86.8 Å². The summed E-state index contributed by atoms with van der Waals surface area (Å²) in [6, 6.07) is 19.8. The molecule has 0 bridgehead atoms. The SMILES string of the molecule is COc1ccc(C2=NN3[C@H](C2)c2cc(Br)ccc2O[C@H]3c2ccc(Cl)cc2)cc1OC. The van der Waals surface area contributed by atoms with Gasteiger partial charge in [0.2, 0.25) is 6.23 Å². The van der Waals surface area contributed by atoms with Gasteiger partial charge in [-0.25, -0.2) is 5.01 Å². The fourth-order valence-electron chi connectivity index (χ4n) is 4.10. The number of methoxy groups -OCH3 is 2. The summed E-state index contributed by atoms with van der Waals surface area (Å²) in [6.45, 7) is 0. The molecule has 0 saturated heterocycles. The van der Waals surface area contributed by atoms with Crippen molar-refractivity contribution < 1.29 is 14.2 Å². The molecule has 0 aliphatic carbocycles. The van der Waals surface area contributed by atoms with Crippen LogP contribution in [0.25, 0.3) is 0 Å². The first-order valence-corrected chi connectivity index (χ1v) is 11.0. The molecule has 0 amide bonds. The van der Waals surface area contributed by atoms with Gasteiger partial charge < -0.3 is 14.2 Å². The Balaban J connectivity index is 1.58. The average Bonchev–Trinajstić information content (AvgIpc) is 3.24. The lowest BCUT2D eigenvalue weighted by molar-refractivity contribution is -0.0190. The summed E-state index contributed by atoms with van der Waals surface area (Å²) in [5.41, 5.74) is 4.08. The molecule has 158 valence electrons. The zero-order valence-corrected chi connectivity index (χ0v) is 19.4. The van der Waals surface area contributed by atoms with E-state index in [9.17, 15) is 0 Å². The number of halogens is 2. The summed E-state index contributed by atoms with van der Waals surface area (Å²) >= 11 is 9.70. The van der Waals surface area contributed by atoms with Gasteiger partial charge in [-0.05, 0) is 48.5 Å². The number of fused-ring (bicyclic) bond motifs is 3. The first kappa shape index (κ1) is 20.2. The number of ether oxygens (including phenoxy) is 3. The van der Waals surface area contributed by atoms with Gasteiger partial charge in [0, 0.05) is 32.6 Å². The van der Waals surface area contributed by atoms with Crippen molar-refractivity contribution in [1.29, 1.82) is 0 Å². The number of benzene rings is 3. The molecule has 0 N–H and O–H groups in total. The van der Waals surface area contributed by atoms with E-state index in [2.05, 4.69) is 22.0 Å². The van der Waals surface area contributed by atoms with Crippen molar-refractivity contribution in [3.8, 4) is 17.2 Å². The van der Waals surface area contributed by atoms with E-state index in [4.69, 9.17) is 30.9 Å². The molecule has 0 aromatic heterocycles. The predicted octanol–water partition coefficient (Wildman–Crippen LogP) is 6.36. The van der Waals surface area contributed by atoms with Crippen LogP contribution in [0.1, 0.15) is 35.4 Å². The summed E-state index contributed by atoms with van der Waals surface area (Å²) in [5, 5.41) is 7.74. The molecule has 2 atom stereocenters. The average molecular weight is 500 g/mol. The summed E-state index contributed by atoms with van der Waals surface area (Å²) in [4.78, 5) is 0. The highest BCUT2D eigenvalue weighted by Crippen LogP contribution is 2.48. The molecule has 2 aliphatic rings. The summed E-state index contributed by atoms with van der Waals surface area (Å²) in [7, 11) is 3.27. The zero-order valence-electron chi connectivity index (χ0n) is 17.0. The smallest absolute Gasteiger partial charge is 0.213 e. The van der Waals surface area contributed by atoms with Crippen LogP contribution in [-0.4, -0.2) is 24.9 Å². The standard InChI is InChI=1S/C24H20BrClN2O3/c1-29-22-9-5-15(11-23(22)30-2)19-13-20-18-12-16(25)6-10-21(18)31-24(28(20)27-19)14-3-7-17(26)8-4-14/h3-12,20,24H,13H2,1-2H3/t20-,24+/m1/s1. The first-order valence-electron chi connectivity index (χ1n) is 9.87. The molecular weight excluding hydrogens is 480 g/mol. The molecule has 0 spiro atoms. The van der Waals surface area contributed by atoms with Crippen molar-refractivity contribution in [3.63, 3.8) is 0 Å². The zero-order chi connectivity index (χ0) is 21.5. The van der Waals surface area contributed by atoms with Gasteiger partial charge in [0.1, 0.15) is 5.75 Å². The van der Waals surface area contributed by atoms with Gasteiger partial charge in [0.05, 0.1) is 26.0 Å². The Morgan fingerprint density at radius 3 is 2.52 bits per heavy atom. The van der Waals surface area contributed by atoms with Crippen molar-refractivity contribution in [2.24, 2.45) is 5.10 Å². The molecule has 7 heteroatoms. The molecule has 0 radical (unpaired) electrons. The molecule has 0 saturated carbocycles. The third kappa shape index (κ3) is 3.64. The largest absolute Gasteiger partial charge is 0.493 e. The third-order valence-electron chi connectivity index (χ3n) is 5.62. The van der Waals surface area contributed by atoms with Crippen LogP contribution in [0.15, 0.2) is 70.2 Å². The minimum atomic E-state index is -0.339. The molecule has 0 fully saturated rings. The summed E-state index contributed by atoms with van der Waals surface area (Å²) in [5.74, 6) is 2.24. The molecule has 3 aromatic carbocycles. The molecule has 2 aliphatic heterocycles. The molecule has 5 nitrogen and oxygen atoms in total. The molecule has 0 unspecified atom stereocenters. The summed E-state index contributed by atoms with van der Waals surface area (Å²) in [6.07, 6.45) is 0.417. The van der Waals surface area contributed by atoms with E-state index in [0.29, 0.717) is 16.5 Å². The molecule has 3 aromatic rings. The van der Waals surface area contributed by atoms with Crippen LogP contribution in [0.2, 0.25) is 5.02 Å². The highest BCUT2D eigenvalue weighted by atomic mass is 79.9. The van der Waals surface area contributed by atoms with E-state index in [1.165, 1.54) is 0 Å². The second-order valence-corrected chi connectivity index (χ2v) is 8.77. The normalized spacial score (nSPS) is 19.2. The number of hydrogen-bond acceptors (Lipinski definition) is 5. The van der Waals surface area contributed by atoms with Crippen LogP contribution < -0.4 is 14.2 Å². The van der Waals surface area contributed by atoms with Crippen LogP contribution in [-0.2, 0) is 0 Å². The fourth-order valence-corrected chi connectivity index (χ4v) is 4.60. The molecule has 5 rings (SSSR count). The van der Waals surface area contributed by atoms with Crippen LogP contribution in [0.5, 0.6) is 17.2 Å². The lowest BCUT2D eigenvalue weighted by Crippen LogP contribution is -2.33. The van der Waals surface area contributed by atoms with Gasteiger partial charge in [-0.2, -0.15) is 5.10 Å². The highest BCUT2D eigenvalue weighted by molar-refractivity contribution is 9.10. The lowest BCUT2D eigenvalue weighted by Gasteiger charge is -2.38. The van der Waals surface area contributed by atoms with Gasteiger partial charge >= 0.3 is 0 Å². The summed E-state index contributed by atoms with van der Waals surface area (Å²) < 4.78 is 18.3. The maximum atomic E-state index is 6.40. The third-order valence-corrected chi connectivity index (χ3v) is 6.37. The fraction of sp³-hybridized carbons (Fsp3) is 0.208. The Labute approximate surface area is 194 Å². The Morgan fingerprint density at radius 2 is 1.77 bits per heavy atom. The number of hydrogen-bond donors (Lipinski definition) is 0. The van der Waals surface area contributed by atoms with Crippen molar-refractivity contribution in [1.82, 2.24) is 5.01 Å². The van der Waals surface area contributed by atoms with Crippen molar-refractivity contribution >= 4 is 33.2 Å². The molecule has 2 heterocycles. The lowest BCUT2D eigenvalue weighted by atomic mass is 9.96. The second-order valence-electron chi connectivity index (χ2n) is 7.42. The topological polar surface area (TPSA) is 43.3 Å². The quantitative estimate of drug-likeness (QED) is 0.419. The van der Waals surface area contributed by atoms with E-state index < -0.39 is 0 Å². The first-order chi connectivity index (χ1) is 15.1. The van der Waals surface area contributed by atoms with Gasteiger partial charge in [-0.15, -0.1) is 0 Å². The van der Waals surface area contributed by atoms with Crippen LogP contribution in [0.4, 0.5) is 0 Å². The number of rotatable bonds is 4. The maximum absolute atomic E-state index is 6.40. The minimum absolute atomic E-state index is 0.0602. The Kier molecular flexibility index (Phi) is 5.28. The predicted molar refractivity (Wildman–Crippen MR) is 124 cm³/mol.